The molecule has 1 saturated heterocycles. The molecule has 0 saturated carbocycles. The van der Waals surface area contributed by atoms with Gasteiger partial charge in [-0.1, -0.05) is 19.9 Å². The molecular weight excluding hydrogens is 291 g/mol. The number of nitrogens with zero attached hydrogens (tertiary/aromatic N) is 1. The summed E-state index contributed by atoms with van der Waals surface area (Å²) in [5.74, 6) is 0.0318. The van der Waals surface area contributed by atoms with E-state index in [1.165, 1.54) is 10.4 Å². The molecule has 4 nitrogen and oxygen atoms in total. The number of halogens is 1. The van der Waals surface area contributed by atoms with Gasteiger partial charge in [0.15, 0.2) is 0 Å². The van der Waals surface area contributed by atoms with Crippen molar-refractivity contribution in [3.63, 3.8) is 0 Å². The van der Waals surface area contributed by atoms with Gasteiger partial charge >= 0.3 is 0 Å². The first-order chi connectivity index (χ1) is 9.95. The fourth-order valence-corrected chi connectivity index (χ4v) is 4.24. The normalized spacial score (nSPS) is 18.0. The zero-order valence-corrected chi connectivity index (χ0v) is 13.4. The average Bonchev–Trinajstić information content (AvgIpc) is 2.46. The quantitative estimate of drug-likeness (QED) is 0.907. The Labute approximate surface area is 126 Å². The number of sulfonamides is 1. The van der Waals surface area contributed by atoms with Crippen LogP contribution in [0.4, 0.5) is 4.39 Å². The van der Waals surface area contributed by atoms with Crippen LogP contribution >= 0.6 is 0 Å². The molecule has 1 aromatic carbocycles. The monoisotopic (exact) mass is 314 g/mol. The van der Waals surface area contributed by atoms with Gasteiger partial charge in [0.1, 0.15) is 5.82 Å². The molecule has 2 rings (SSSR count). The third-order valence-electron chi connectivity index (χ3n) is 3.96. The van der Waals surface area contributed by atoms with Gasteiger partial charge in [0.25, 0.3) is 0 Å². The lowest BCUT2D eigenvalue weighted by molar-refractivity contribution is 0.287. The van der Waals surface area contributed by atoms with Crippen LogP contribution in [0.2, 0.25) is 0 Å². The summed E-state index contributed by atoms with van der Waals surface area (Å²) in [4.78, 5) is 0.0954. The van der Waals surface area contributed by atoms with Gasteiger partial charge in [-0.2, -0.15) is 4.31 Å². The molecule has 1 aliphatic rings. The minimum absolute atomic E-state index is 0.0954. The number of rotatable bonds is 5. The van der Waals surface area contributed by atoms with E-state index in [1.807, 2.05) is 6.92 Å². The molecule has 0 amide bonds. The summed E-state index contributed by atoms with van der Waals surface area (Å²) in [7, 11) is -3.62. The molecule has 1 fully saturated rings. The van der Waals surface area contributed by atoms with Gasteiger partial charge < -0.3 is 5.32 Å². The van der Waals surface area contributed by atoms with Gasteiger partial charge in [-0.15, -0.1) is 0 Å². The Morgan fingerprint density at radius 2 is 2.00 bits per heavy atom. The van der Waals surface area contributed by atoms with Gasteiger partial charge in [0.2, 0.25) is 10.0 Å². The fourth-order valence-electron chi connectivity index (χ4n) is 2.54. The SMILES string of the molecule is CCNCc1ccc(F)cc1S(=O)(=O)N1CCC(C)CC1. The third kappa shape index (κ3) is 3.81. The van der Waals surface area contributed by atoms with Gasteiger partial charge in [-0.3, -0.25) is 0 Å². The second kappa shape index (κ2) is 6.85. The summed E-state index contributed by atoms with van der Waals surface area (Å²) in [5.41, 5.74) is 0.622. The van der Waals surface area contributed by atoms with Crippen molar-refractivity contribution < 1.29 is 12.8 Å². The van der Waals surface area contributed by atoms with Crippen molar-refractivity contribution >= 4 is 10.0 Å². The summed E-state index contributed by atoms with van der Waals surface area (Å²) in [6.45, 7) is 6.27. The molecule has 0 atom stereocenters. The zero-order valence-electron chi connectivity index (χ0n) is 12.6. The number of hydrogen-bond donors (Lipinski definition) is 1. The van der Waals surface area contributed by atoms with Gasteiger partial charge in [0.05, 0.1) is 4.90 Å². The molecule has 0 spiro atoms. The molecule has 0 unspecified atom stereocenters. The van der Waals surface area contributed by atoms with Crippen molar-refractivity contribution in [2.45, 2.75) is 38.1 Å². The number of piperidine rings is 1. The lowest BCUT2D eigenvalue weighted by Crippen LogP contribution is -2.38. The van der Waals surface area contributed by atoms with Crippen LogP contribution in [-0.4, -0.2) is 32.4 Å². The molecule has 0 aliphatic carbocycles. The standard InChI is InChI=1S/C15H23FN2O2S/c1-3-17-11-13-4-5-14(16)10-15(13)21(19,20)18-8-6-12(2)7-9-18/h4-5,10,12,17H,3,6-9,11H2,1-2H3. The van der Waals surface area contributed by atoms with E-state index >= 15 is 0 Å². The summed E-state index contributed by atoms with van der Waals surface area (Å²) in [6, 6.07) is 4.00. The van der Waals surface area contributed by atoms with Crippen molar-refractivity contribution in [1.29, 1.82) is 0 Å². The summed E-state index contributed by atoms with van der Waals surface area (Å²) in [5, 5.41) is 3.10. The predicted octanol–water partition coefficient (Wildman–Crippen LogP) is 2.36. The molecule has 0 radical (unpaired) electrons. The highest BCUT2D eigenvalue weighted by atomic mass is 32.2. The molecule has 118 valence electrons. The van der Waals surface area contributed by atoms with Crippen molar-refractivity contribution in [2.75, 3.05) is 19.6 Å². The smallest absolute Gasteiger partial charge is 0.243 e. The lowest BCUT2D eigenvalue weighted by Gasteiger charge is -2.30. The minimum Gasteiger partial charge on any atom is -0.313 e. The molecule has 1 N–H and O–H groups in total. The van der Waals surface area contributed by atoms with Crippen molar-refractivity contribution in [1.82, 2.24) is 9.62 Å². The fraction of sp³-hybridized carbons (Fsp3) is 0.600. The molecule has 6 heteroatoms. The molecule has 21 heavy (non-hydrogen) atoms. The average molecular weight is 314 g/mol. The first kappa shape index (κ1) is 16.4. The Hall–Kier alpha value is -0.980. The van der Waals surface area contributed by atoms with Crippen molar-refractivity contribution in [3.8, 4) is 0 Å². The van der Waals surface area contributed by atoms with E-state index in [-0.39, 0.29) is 4.90 Å². The highest BCUT2D eigenvalue weighted by Crippen LogP contribution is 2.26. The largest absolute Gasteiger partial charge is 0.313 e. The van der Waals surface area contributed by atoms with Crippen LogP contribution in [-0.2, 0) is 16.6 Å². The van der Waals surface area contributed by atoms with Crippen LogP contribution < -0.4 is 5.32 Å². The molecule has 1 heterocycles. The zero-order chi connectivity index (χ0) is 15.5. The Bertz CT molecular complexity index is 581. The second-order valence-electron chi connectivity index (χ2n) is 5.62. The van der Waals surface area contributed by atoms with Crippen molar-refractivity contribution in [3.05, 3.63) is 29.6 Å². The van der Waals surface area contributed by atoms with Crippen LogP contribution in [0.15, 0.2) is 23.1 Å². The van der Waals surface area contributed by atoms with Crippen LogP contribution in [0.25, 0.3) is 0 Å². The van der Waals surface area contributed by atoms with E-state index < -0.39 is 15.8 Å². The maximum absolute atomic E-state index is 13.5. The van der Waals surface area contributed by atoms with Crippen LogP contribution in [0.3, 0.4) is 0 Å². The summed E-state index contributed by atoms with van der Waals surface area (Å²) >= 11 is 0. The van der Waals surface area contributed by atoms with Crippen molar-refractivity contribution in [2.24, 2.45) is 5.92 Å². The van der Waals surface area contributed by atoms with Gasteiger partial charge in [0, 0.05) is 19.6 Å². The summed E-state index contributed by atoms with van der Waals surface area (Å²) < 4.78 is 40.5. The number of hydrogen-bond acceptors (Lipinski definition) is 3. The van der Waals surface area contributed by atoms with E-state index in [0.717, 1.165) is 25.5 Å². The van der Waals surface area contributed by atoms with E-state index in [2.05, 4.69) is 12.2 Å². The minimum atomic E-state index is -3.62. The Kier molecular flexibility index (Phi) is 5.35. The Morgan fingerprint density at radius 1 is 1.33 bits per heavy atom. The number of benzene rings is 1. The van der Waals surface area contributed by atoms with Crippen LogP contribution in [0.1, 0.15) is 32.3 Å². The highest BCUT2D eigenvalue weighted by Gasteiger charge is 2.30. The van der Waals surface area contributed by atoms with Crippen LogP contribution in [0, 0.1) is 11.7 Å². The maximum Gasteiger partial charge on any atom is 0.243 e. The Balaban J connectivity index is 2.32. The maximum atomic E-state index is 13.5. The molecule has 1 aliphatic heterocycles. The first-order valence-corrected chi connectivity index (χ1v) is 8.88. The number of nitrogens with one attached hydrogen (secondary N) is 1. The van der Waals surface area contributed by atoms with E-state index in [9.17, 15) is 12.8 Å². The van der Waals surface area contributed by atoms with Crippen LogP contribution in [0.5, 0.6) is 0 Å². The summed E-state index contributed by atoms with van der Waals surface area (Å²) in [6.07, 6.45) is 1.72. The molecule has 0 bridgehead atoms. The van der Waals surface area contributed by atoms with E-state index in [0.29, 0.717) is 31.1 Å². The molecular formula is C15H23FN2O2S. The predicted molar refractivity (Wildman–Crippen MR) is 80.9 cm³/mol. The van der Waals surface area contributed by atoms with E-state index in [4.69, 9.17) is 0 Å². The topological polar surface area (TPSA) is 49.4 Å². The third-order valence-corrected chi connectivity index (χ3v) is 5.94. The lowest BCUT2D eigenvalue weighted by atomic mass is 10.0. The molecule has 1 aromatic rings. The Morgan fingerprint density at radius 3 is 2.62 bits per heavy atom. The van der Waals surface area contributed by atoms with Gasteiger partial charge in [-0.05, 0) is 43.0 Å². The second-order valence-corrected chi connectivity index (χ2v) is 7.53. The highest BCUT2D eigenvalue weighted by molar-refractivity contribution is 7.89. The van der Waals surface area contributed by atoms with E-state index in [1.54, 1.807) is 6.07 Å². The van der Waals surface area contributed by atoms with Gasteiger partial charge in [-0.25, -0.2) is 12.8 Å². The molecule has 0 aromatic heterocycles. The first-order valence-electron chi connectivity index (χ1n) is 7.44.